The Labute approximate surface area is 165 Å². The van der Waals surface area contributed by atoms with Crippen LogP contribution in [-0.2, 0) is 21.1 Å². The van der Waals surface area contributed by atoms with Crippen LogP contribution in [0.1, 0.15) is 57.5 Å². The summed E-state index contributed by atoms with van der Waals surface area (Å²) in [6.45, 7) is 8.84. The molecule has 1 unspecified atom stereocenters. The summed E-state index contributed by atoms with van der Waals surface area (Å²) in [7, 11) is 0. The third kappa shape index (κ3) is 4.89. The Morgan fingerprint density at radius 1 is 1.00 bits per heavy atom. The molecule has 158 valence electrons. The van der Waals surface area contributed by atoms with Crippen molar-refractivity contribution in [2.24, 2.45) is 5.92 Å². The molecule has 9 heteroatoms. The fourth-order valence-corrected chi connectivity index (χ4v) is 2.67. The van der Waals surface area contributed by atoms with Gasteiger partial charge in [0.25, 0.3) is 0 Å². The Kier molecular flexibility index (Phi) is 6.30. The zero-order chi connectivity index (χ0) is 22.1. The standard InChI is InChI=1S/C20H21F5N2O2/c1-10(2)14(11-8-26-18(27-9-11)19(3,4)5)17(28)29-20(24,25)12-6-7-13(21)16(23)15(12)22/h6-10,14H,1-5H3. The van der Waals surface area contributed by atoms with Crippen LogP contribution in [0.4, 0.5) is 22.0 Å². The highest BCUT2D eigenvalue weighted by Gasteiger charge is 2.43. The summed E-state index contributed by atoms with van der Waals surface area (Å²) in [4.78, 5) is 20.8. The first-order valence-electron chi connectivity index (χ1n) is 8.82. The quantitative estimate of drug-likeness (QED) is 0.381. The number of rotatable bonds is 5. The van der Waals surface area contributed by atoms with Gasteiger partial charge in [0.1, 0.15) is 11.4 Å². The first kappa shape index (κ1) is 22.7. The number of carbonyl (C=O) groups is 1. The Morgan fingerprint density at radius 2 is 1.55 bits per heavy atom. The number of aromatic nitrogens is 2. The predicted molar refractivity (Wildman–Crippen MR) is 94.6 cm³/mol. The molecule has 1 heterocycles. The van der Waals surface area contributed by atoms with Crippen molar-refractivity contribution < 1.29 is 31.5 Å². The van der Waals surface area contributed by atoms with Crippen molar-refractivity contribution in [3.05, 3.63) is 58.9 Å². The first-order valence-corrected chi connectivity index (χ1v) is 8.82. The lowest BCUT2D eigenvalue weighted by molar-refractivity contribution is -0.243. The van der Waals surface area contributed by atoms with E-state index in [1.807, 2.05) is 20.8 Å². The summed E-state index contributed by atoms with van der Waals surface area (Å²) in [5.41, 5.74) is -1.70. The number of ether oxygens (including phenoxy) is 1. The zero-order valence-corrected chi connectivity index (χ0v) is 16.6. The molecule has 0 bridgehead atoms. The molecule has 0 radical (unpaired) electrons. The van der Waals surface area contributed by atoms with E-state index in [0.717, 1.165) is 0 Å². The van der Waals surface area contributed by atoms with Crippen LogP contribution in [0.5, 0.6) is 0 Å². The van der Waals surface area contributed by atoms with Crippen molar-refractivity contribution in [2.45, 2.75) is 52.1 Å². The van der Waals surface area contributed by atoms with Crippen molar-refractivity contribution in [1.29, 1.82) is 0 Å². The zero-order valence-electron chi connectivity index (χ0n) is 16.6. The van der Waals surface area contributed by atoms with Crippen LogP contribution < -0.4 is 0 Å². The van der Waals surface area contributed by atoms with Crippen LogP contribution in [0.15, 0.2) is 24.5 Å². The number of alkyl halides is 2. The number of hydrogen-bond acceptors (Lipinski definition) is 4. The predicted octanol–water partition coefficient (Wildman–Crippen LogP) is 5.22. The second kappa shape index (κ2) is 8.04. The first-order chi connectivity index (χ1) is 13.3. The highest BCUT2D eigenvalue weighted by atomic mass is 19.3. The van der Waals surface area contributed by atoms with Crippen molar-refractivity contribution >= 4 is 5.97 Å². The molecule has 0 saturated carbocycles. The molecule has 1 aromatic heterocycles. The maximum Gasteiger partial charge on any atom is 0.431 e. The van der Waals surface area contributed by atoms with Gasteiger partial charge in [-0.05, 0) is 18.1 Å². The van der Waals surface area contributed by atoms with Gasteiger partial charge in [-0.1, -0.05) is 34.6 Å². The minimum atomic E-state index is -4.50. The molecule has 0 fully saturated rings. The average molecular weight is 416 g/mol. The van der Waals surface area contributed by atoms with E-state index in [1.165, 1.54) is 12.4 Å². The van der Waals surface area contributed by atoms with Gasteiger partial charge in [0, 0.05) is 23.4 Å². The smallest absolute Gasteiger partial charge is 0.396 e. The van der Waals surface area contributed by atoms with Crippen molar-refractivity contribution in [3.8, 4) is 0 Å². The summed E-state index contributed by atoms with van der Waals surface area (Å²) in [6.07, 6.45) is -1.82. The molecule has 1 aromatic carbocycles. The number of hydrogen-bond donors (Lipinski definition) is 0. The fourth-order valence-electron chi connectivity index (χ4n) is 2.67. The van der Waals surface area contributed by atoms with E-state index < -0.39 is 46.9 Å². The maximum atomic E-state index is 14.3. The molecular formula is C20H21F5N2O2. The SMILES string of the molecule is CC(C)C(C(=O)OC(F)(F)c1ccc(F)c(F)c1F)c1cnc(C(C)(C)C)nc1. The van der Waals surface area contributed by atoms with Crippen molar-refractivity contribution in [2.75, 3.05) is 0 Å². The summed E-state index contributed by atoms with van der Waals surface area (Å²) in [5.74, 6) is -8.39. The van der Waals surface area contributed by atoms with Gasteiger partial charge in [-0.25, -0.2) is 23.1 Å². The van der Waals surface area contributed by atoms with E-state index in [0.29, 0.717) is 18.0 Å². The molecule has 0 N–H and O–H groups in total. The van der Waals surface area contributed by atoms with Gasteiger partial charge in [-0.2, -0.15) is 8.78 Å². The van der Waals surface area contributed by atoms with E-state index in [2.05, 4.69) is 14.7 Å². The largest absolute Gasteiger partial charge is 0.431 e. The van der Waals surface area contributed by atoms with Gasteiger partial charge in [0.15, 0.2) is 17.5 Å². The van der Waals surface area contributed by atoms with Crippen LogP contribution in [0.2, 0.25) is 0 Å². The summed E-state index contributed by atoms with van der Waals surface area (Å²) in [5, 5.41) is 0. The molecule has 29 heavy (non-hydrogen) atoms. The highest BCUT2D eigenvalue weighted by molar-refractivity contribution is 5.78. The number of nitrogens with zero attached hydrogens (tertiary/aromatic N) is 2. The van der Waals surface area contributed by atoms with Gasteiger partial charge in [-0.3, -0.25) is 4.79 Å². The minimum absolute atomic E-state index is 0.236. The van der Waals surface area contributed by atoms with Gasteiger partial charge in [0.05, 0.1) is 5.92 Å². The Morgan fingerprint density at radius 3 is 2.03 bits per heavy atom. The summed E-state index contributed by atoms with van der Waals surface area (Å²) >= 11 is 0. The number of benzene rings is 1. The second-order valence-electron chi connectivity index (χ2n) is 7.97. The van der Waals surface area contributed by atoms with Crippen LogP contribution in [0, 0.1) is 23.4 Å². The normalized spacial score (nSPS) is 13.5. The monoisotopic (exact) mass is 416 g/mol. The second-order valence-corrected chi connectivity index (χ2v) is 7.97. The summed E-state index contributed by atoms with van der Waals surface area (Å²) in [6, 6.07) is 0.654. The molecule has 0 aliphatic heterocycles. The molecule has 2 aromatic rings. The third-order valence-corrected chi connectivity index (χ3v) is 4.20. The van der Waals surface area contributed by atoms with Gasteiger partial charge in [0.2, 0.25) is 0 Å². The molecule has 0 aliphatic rings. The molecule has 0 spiro atoms. The third-order valence-electron chi connectivity index (χ3n) is 4.20. The van der Waals surface area contributed by atoms with E-state index in [4.69, 9.17) is 0 Å². The molecular weight excluding hydrogens is 395 g/mol. The van der Waals surface area contributed by atoms with Crippen LogP contribution in [0.25, 0.3) is 0 Å². The lowest BCUT2D eigenvalue weighted by Gasteiger charge is -2.24. The Bertz CT molecular complexity index is 893. The number of carbonyl (C=O) groups excluding carboxylic acids is 1. The van der Waals surface area contributed by atoms with Crippen LogP contribution in [-0.4, -0.2) is 15.9 Å². The highest BCUT2D eigenvalue weighted by Crippen LogP contribution is 2.36. The van der Waals surface area contributed by atoms with Gasteiger partial charge in [-0.15, -0.1) is 0 Å². The van der Waals surface area contributed by atoms with E-state index >= 15 is 0 Å². The average Bonchev–Trinajstić information content (AvgIpc) is 2.58. The Hall–Kier alpha value is -2.58. The molecule has 2 rings (SSSR count). The minimum Gasteiger partial charge on any atom is -0.396 e. The molecule has 0 aliphatic carbocycles. The Balaban J connectivity index is 2.33. The molecule has 0 amide bonds. The van der Waals surface area contributed by atoms with E-state index in [-0.39, 0.29) is 11.0 Å². The van der Waals surface area contributed by atoms with E-state index in [1.54, 1.807) is 13.8 Å². The van der Waals surface area contributed by atoms with E-state index in [9.17, 15) is 26.7 Å². The van der Waals surface area contributed by atoms with Crippen LogP contribution in [0.3, 0.4) is 0 Å². The van der Waals surface area contributed by atoms with Gasteiger partial charge >= 0.3 is 12.1 Å². The van der Waals surface area contributed by atoms with Gasteiger partial charge < -0.3 is 4.74 Å². The van der Waals surface area contributed by atoms with Crippen molar-refractivity contribution in [1.82, 2.24) is 9.97 Å². The topological polar surface area (TPSA) is 52.1 Å². The lowest BCUT2D eigenvalue weighted by Crippen LogP contribution is -2.30. The number of halogens is 5. The lowest BCUT2D eigenvalue weighted by atomic mass is 9.89. The maximum absolute atomic E-state index is 14.3. The van der Waals surface area contributed by atoms with Crippen molar-refractivity contribution in [3.63, 3.8) is 0 Å². The summed E-state index contributed by atoms with van der Waals surface area (Å²) < 4.78 is 72.9. The fraction of sp³-hybridized carbons (Fsp3) is 0.450. The van der Waals surface area contributed by atoms with Crippen LogP contribution >= 0.6 is 0 Å². The molecule has 0 saturated heterocycles. The molecule has 1 atom stereocenters. The molecule has 4 nitrogen and oxygen atoms in total. The number of esters is 1.